The van der Waals surface area contributed by atoms with Crippen LogP contribution in [-0.2, 0) is 4.79 Å². The van der Waals surface area contributed by atoms with Crippen LogP contribution in [-0.4, -0.2) is 54.4 Å². The van der Waals surface area contributed by atoms with Gasteiger partial charge in [0, 0.05) is 30.8 Å². The Morgan fingerprint density at radius 3 is 2.34 bits per heavy atom. The molecule has 3 aromatic carbocycles. The van der Waals surface area contributed by atoms with Crippen molar-refractivity contribution >= 4 is 11.8 Å². The Bertz CT molecular complexity index is 1180. The van der Waals surface area contributed by atoms with E-state index in [0.717, 1.165) is 55.6 Å². The van der Waals surface area contributed by atoms with E-state index >= 15 is 0 Å². The van der Waals surface area contributed by atoms with E-state index in [1.165, 1.54) is 5.56 Å². The Labute approximate surface area is 207 Å². The lowest BCUT2D eigenvalue weighted by atomic mass is 9.89. The van der Waals surface area contributed by atoms with Crippen molar-refractivity contribution in [2.24, 2.45) is 0 Å². The number of amides is 2. The van der Waals surface area contributed by atoms with E-state index < -0.39 is 0 Å². The van der Waals surface area contributed by atoms with Gasteiger partial charge in [-0.3, -0.25) is 9.59 Å². The molecule has 0 saturated carbocycles. The highest BCUT2D eigenvalue weighted by Crippen LogP contribution is 2.32. The maximum atomic E-state index is 13.5. The summed E-state index contributed by atoms with van der Waals surface area (Å²) in [4.78, 5) is 30.8. The largest absolute Gasteiger partial charge is 0.496 e. The van der Waals surface area contributed by atoms with E-state index in [1.807, 2.05) is 59.5 Å². The van der Waals surface area contributed by atoms with Gasteiger partial charge in [-0.25, -0.2) is 0 Å². The number of carbonyl (C=O) groups excluding carboxylic acids is 2. The van der Waals surface area contributed by atoms with E-state index in [2.05, 4.69) is 24.3 Å². The minimum Gasteiger partial charge on any atom is -0.496 e. The zero-order valence-corrected chi connectivity index (χ0v) is 20.2. The van der Waals surface area contributed by atoms with Crippen molar-refractivity contribution in [3.8, 4) is 16.9 Å². The molecule has 3 aromatic rings. The second-order valence-electron chi connectivity index (χ2n) is 9.45. The van der Waals surface area contributed by atoms with Crippen LogP contribution in [0.2, 0.25) is 0 Å². The Balaban J connectivity index is 1.28. The Hall–Kier alpha value is -3.60. The first-order valence-electron chi connectivity index (χ1n) is 12.5. The van der Waals surface area contributed by atoms with Crippen LogP contribution >= 0.6 is 0 Å². The molecule has 2 aliphatic rings. The van der Waals surface area contributed by atoms with Crippen LogP contribution in [0.3, 0.4) is 0 Å². The lowest BCUT2D eigenvalue weighted by Gasteiger charge is -2.35. The fourth-order valence-corrected chi connectivity index (χ4v) is 5.50. The van der Waals surface area contributed by atoms with Gasteiger partial charge in [-0.05, 0) is 60.9 Å². The molecule has 1 atom stereocenters. The standard InChI is InChI=1S/C30H32N2O3/c1-35-28-15-6-5-13-26(28)24-11-7-12-25(21-24)29(33)32-18-8-14-27(32)30(34)31-19-16-23(17-20-31)22-9-3-2-4-10-22/h2-7,9-13,15,21,23,27H,8,14,16-20H2,1H3/t27-/m0/s1. The predicted octanol–water partition coefficient (Wildman–Crippen LogP) is 5.37. The Kier molecular flexibility index (Phi) is 6.84. The normalized spacial score (nSPS) is 18.5. The summed E-state index contributed by atoms with van der Waals surface area (Å²) in [5, 5.41) is 0. The number of para-hydroxylation sites is 1. The Morgan fingerprint density at radius 1 is 0.829 bits per heavy atom. The summed E-state index contributed by atoms with van der Waals surface area (Å²) >= 11 is 0. The van der Waals surface area contributed by atoms with Crippen LogP contribution in [0.15, 0.2) is 78.9 Å². The van der Waals surface area contributed by atoms with Crippen LogP contribution in [0.5, 0.6) is 5.75 Å². The summed E-state index contributed by atoms with van der Waals surface area (Å²) in [5.74, 6) is 1.30. The van der Waals surface area contributed by atoms with E-state index in [4.69, 9.17) is 4.74 Å². The van der Waals surface area contributed by atoms with E-state index in [-0.39, 0.29) is 17.9 Å². The molecule has 5 rings (SSSR count). The summed E-state index contributed by atoms with van der Waals surface area (Å²) in [6.07, 6.45) is 3.53. The fraction of sp³-hybridized carbons (Fsp3) is 0.333. The van der Waals surface area contributed by atoms with Crippen LogP contribution in [0.4, 0.5) is 0 Å². The molecule has 5 nitrogen and oxygen atoms in total. The number of hydrogen-bond donors (Lipinski definition) is 0. The molecule has 2 aliphatic heterocycles. The molecule has 0 N–H and O–H groups in total. The quantitative estimate of drug-likeness (QED) is 0.506. The number of hydrogen-bond acceptors (Lipinski definition) is 3. The molecule has 0 aliphatic carbocycles. The van der Waals surface area contributed by atoms with Gasteiger partial charge in [-0.15, -0.1) is 0 Å². The van der Waals surface area contributed by atoms with Gasteiger partial charge < -0.3 is 14.5 Å². The highest BCUT2D eigenvalue weighted by molar-refractivity contribution is 5.99. The van der Waals surface area contributed by atoms with Crippen molar-refractivity contribution in [2.45, 2.75) is 37.6 Å². The number of likely N-dealkylation sites (tertiary alicyclic amines) is 2. The molecule has 0 unspecified atom stereocenters. The smallest absolute Gasteiger partial charge is 0.254 e. The van der Waals surface area contributed by atoms with Gasteiger partial charge in [0.1, 0.15) is 11.8 Å². The van der Waals surface area contributed by atoms with E-state index in [0.29, 0.717) is 18.0 Å². The average Bonchev–Trinajstić information content (AvgIpc) is 3.43. The van der Waals surface area contributed by atoms with Crippen molar-refractivity contribution in [1.29, 1.82) is 0 Å². The number of piperidine rings is 1. The average molecular weight is 469 g/mol. The number of benzene rings is 3. The molecule has 180 valence electrons. The van der Waals surface area contributed by atoms with Crippen LogP contribution in [0, 0.1) is 0 Å². The monoisotopic (exact) mass is 468 g/mol. The number of nitrogens with zero attached hydrogens (tertiary/aromatic N) is 2. The summed E-state index contributed by atoms with van der Waals surface area (Å²) in [6.45, 7) is 2.12. The molecule has 5 heteroatoms. The maximum Gasteiger partial charge on any atom is 0.254 e. The molecule has 2 amide bonds. The minimum absolute atomic E-state index is 0.0724. The van der Waals surface area contributed by atoms with Crippen molar-refractivity contribution in [3.05, 3.63) is 90.0 Å². The molecular weight excluding hydrogens is 436 g/mol. The summed E-state index contributed by atoms with van der Waals surface area (Å²) in [5.41, 5.74) is 3.83. The number of methoxy groups -OCH3 is 1. The predicted molar refractivity (Wildman–Crippen MR) is 137 cm³/mol. The third kappa shape index (κ3) is 4.81. The van der Waals surface area contributed by atoms with Crippen molar-refractivity contribution in [3.63, 3.8) is 0 Å². The van der Waals surface area contributed by atoms with Crippen molar-refractivity contribution in [1.82, 2.24) is 9.80 Å². The first-order valence-corrected chi connectivity index (χ1v) is 12.5. The Morgan fingerprint density at radius 2 is 1.57 bits per heavy atom. The third-order valence-electron chi connectivity index (χ3n) is 7.40. The topological polar surface area (TPSA) is 49.9 Å². The van der Waals surface area contributed by atoms with Gasteiger partial charge in [-0.1, -0.05) is 60.7 Å². The van der Waals surface area contributed by atoms with Crippen molar-refractivity contribution in [2.75, 3.05) is 26.7 Å². The first kappa shape index (κ1) is 23.2. The summed E-state index contributed by atoms with van der Waals surface area (Å²) in [6, 6.07) is 25.6. The number of ether oxygens (including phenoxy) is 1. The van der Waals surface area contributed by atoms with E-state index in [9.17, 15) is 9.59 Å². The summed E-state index contributed by atoms with van der Waals surface area (Å²) in [7, 11) is 1.65. The molecule has 35 heavy (non-hydrogen) atoms. The van der Waals surface area contributed by atoms with Gasteiger partial charge in [0.2, 0.25) is 5.91 Å². The zero-order chi connectivity index (χ0) is 24.2. The van der Waals surface area contributed by atoms with Gasteiger partial charge in [0.05, 0.1) is 7.11 Å². The van der Waals surface area contributed by atoms with Crippen LogP contribution < -0.4 is 4.74 Å². The molecular formula is C30H32N2O3. The minimum atomic E-state index is -0.370. The highest BCUT2D eigenvalue weighted by Gasteiger charge is 2.38. The second kappa shape index (κ2) is 10.3. The second-order valence-corrected chi connectivity index (χ2v) is 9.45. The number of carbonyl (C=O) groups is 2. The van der Waals surface area contributed by atoms with Gasteiger partial charge in [-0.2, -0.15) is 0 Å². The lowest BCUT2D eigenvalue weighted by molar-refractivity contribution is -0.136. The molecule has 2 fully saturated rings. The molecule has 2 heterocycles. The maximum absolute atomic E-state index is 13.5. The van der Waals surface area contributed by atoms with Gasteiger partial charge in [0.15, 0.2) is 0 Å². The molecule has 0 bridgehead atoms. The molecule has 0 aromatic heterocycles. The fourth-order valence-electron chi connectivity index (χ4n) is 5.50. The van der Waals surface area contributed by atoms with Crippen LogP contribution in [0.1, 0.15) is 47.5 Å². The molecule has 2 saturated heterocycles. The molecule has 0 spiro atoms. The SMILES string of the molecule is COc1ccccc1-c1cccc(C(=O)N2CCC[C@H]2C(=O)N2CCC(c3ccccc3)CC2)c1. The first-order chi connectivity index (χ1) is 17.2. The van der Waals surface area contributed by atoms with Gasteiger partial charge >= 0.3 is 0 Å². The van der Waals surface area contributed by atoms with Gasteiger partial charge in [0.25, 0.3) is 5.91 Å². The van der Waals surface area contributed by atoms with E-state index in [1.54, 1.807) is 12.0 Å². The third-order valence-corrected chi connectivity index (χ3v) is 7.40. The molecule has 0 radical (unpaired) electrons. The zero-order valence-electron chi connectivity index (χ0n) is 20.2. The number of rotatable bonds is 5. The van der Waals surface area contributed by atoms with Crippen LogP contribution in [0.25, 0.3) is 11.1 Å². The van der Waals surface area contributed by atoms with Crippen molar-refractivity contribution < 1.29 is 14.3 Å². The summed E-state index contributed by atoms with van der Waals surface area (Å²) < 4.78 is 5.51. The highest BCUT2D eigenvalue weighted by atomic mass is 16.5. The lowest BCUT2D eigenvalue weighted by Crippen LogP contribution is -2.49.